The summed E-state index contributed by atoms with van der Waals surface area (Å²) in [6, 6.07) is 0. The van der Waals surface area contributed by atoms with E-state index in [1.165, 1.54) is 0 Å². The monoisotopic (exact) mass is 274 g/mol. The highest BCUT2D eigenvalue weighted by atomic mass is 32.2. The number of hydrogen-bond donors (Lipinski definition) is 1. The van der Waals surface area contributed by atoms with Crippen molar-refractivity contribution in [2.45, 2.75) is 50.3 Å². The average molecular weight is 274 g/mol. The third-order valence-electron chi connectivity index (χ3n) is 4.73. The Morgan fingerprint density at radius 1 is 1.33 bits per heavy atom. The topological polar surface area (TPSA) is 49.4 Å². The molecule has 5 heteroatoms. The number of nitrogens with zero attached hydrogens (tertiary/aromatic N) is 1. The minimum atomic E-state index is -2.80. The summed E-state index contributed by atoms with van der Waals surface area (Å²) in [5.74, 6) is 0.399. The number of rotatable bonds is 4. The lowest BCUT2D eigenvalue weighted by atomic mass is 9.90. The molecule has 0 amide bonds. The van der Waals surface area contributed by atoms with Gasteiger partial charge in [-0.25, -0.2) is 8.42 Å². The molecule has 0 spiro atoms. The molecule has 2 saturated heterocycles. The molecule has 106 valence electrons. The lowest BCUT2D eigenvalue weighted by Crippen LogP contribution is -2.60. The van der Waals surface area contributed by atoms with Gasteiger partial charge in [0.05, 0.1) is 11.0 Å². The van der Waals surface area contributed by atoms with E-state index >= 15 is 0 Å². The molecule has 1 N–H and O–H groups in total. The minimum Gasteiger partial charge on any atom is -0.309 e. The Bertz CT molecular complexity index is 376. The Hall–Kier alpha value is -0.130. The molecular formula is C13H26N2O2S. The molecule has 1 unspecified atom stereocenters. The quantitative estimate of drug-likeness (QED) is 0.832. The molecule has 0 aromatic rings. The van der Waals surface area contributed by atoms with Crippen molar-refractivity contribution < 1.29 is 8.42 Å². The van der Waals surface area contributed by atoms with Gasteiger partial charge in [-0.15, -0.1) is 0 Å². The maximum absolute atomic E-state index is 11.9. The zero-order valence-corrected chi connectivity index (χ0v) is 12.4. The largest absolute Gasteiger partial charge is 0.309 e. The van der Waals surface area contributed by atoms with E-state index in [1.807, 2.05) is 0 Å². The van der Waals surface area contributed by atoms with E-state index in [0.29, 0.717) is 5.75 Å². The third-order valence-corrected chi connectivity index (χ3v) is 6.99. The van der Waals surface area contributed by atoms with E-state index in [2.05, 4.69) is 24.1 Å². The molecule has 1 atom stereocenters. The molecule has 0 saturated carbocycles. The highest BCUT2D eigenvalue weighted by Crippen LogP contribution is 2.24. The van der Waals surface area contributed by atoms with Gasteiger partial charge in [0.25, 0.3) is 0 Å². The van der Waals surface area contributed by atoms with Gasteiger partial charge < -0.3 is 5.32 Å². The van der Waals surface area contributed by atoms with Crippen molar-refractivity contribution >= 4 is 9.84 Å². The summed E-state index contributed by atoms with van der Waals surface area (Å²) in [4.78, 5) is 2.36. The lowest BCUT2D eigenvalue weighted by Gasteiger charge is -2.43. The molecule has 0 radical (unpaired) electrons. The van der Waals surface area contributed by atoms with E-state index in [1.54, 1.807) is 0 Å². The van der Waals surface area contributed by atoms with Crippen LogP contribution in [-0.2, 0) is 9.84 Å². The first kappa shape index (κ1) is 14.3. The van der Waals surface area contributed by atoms with Crippen LogP contribution in [0.15, 0.2) is 0 Å². The summed E-state index contributed by atoms with van der Waals surface area (Å²) >= 11 is 0. The number of hydrogen-bond acceptors (Lipinski definition) is 4. The molecule has 0 aliphatic carbocycles. The van der Waals surface area contributed by atoms with Crippen molar-refractivity contribution in [3.05, 3.63) is 0 Å². The fraction of sp³-hybridized carbons (Fsp3) is 1.00. The Balaban J connectivity index is 1.98. The molecule has 0 aromatic carbocycles. The fourth-order valence-electron chi connectivity index (χ4n) is 3.27. The second-order valence-electron chi connectivity index (χ2n) is 5.78. The molecule has 2 fully saturated rings. The number of sulfone groups is 1. The summed E-state index contributed by atoms with van der Waals surface area (Å²) in [6.45, 7) is 8.12. The van der Waals surface area contributed by atoms with Gasteiger partial charge in [0.2, 0.25) is 0 Å². The predicted octanol–water partition coefficient (Wildman–Crippen LogP) is 1.03. The Morgan fingerprint density at radius 2 is 2.06 bits per heavy atom. The van der Waals surface area contributed by atoms with E-state index in [9.17, 15) is 8.42 Å². The molecule has 2 heterocycles. The third kappa shape index (κ3) is 2.89. The fourth-order valence-corrected chi connectivity index (χ4v) is 5.14. The van der Waals surface area contributed by atoms with E-state index < -0.39 is 9.84 Å². The van der Waals surface area contributed by atoms with Crippen molar-refractivity contribution in [2.75, 3.05) is 31.9 Å². The molecule has 4 nitrogen and oxygen atoms in total. The maximum atomic E-state index is 11.9. The highest BCUT2D eigenvalue weighted by Gasteiger charge is 2.36. The lowest BCUT2D eigenvalue weighted by molar-refractivity contribution is 0.123. The molecule has 18 heavy (non-hydrogen) atoms. The van der Waals surface area contributed by atoms with Crippen LogP contribution >= 0.6 is 0 Å². The first-order valence-corrected chi connectivity index (χ1v) is 8.92. The van der Waals surface area contributed by atoms with Crippen LogP contribution < -0.4 is 5.32 Å². The van der Waals surface area contributed by atoms with Crippen LogP contribution in [0.1, 0.15) is 39.5 Å². The molecule has 0 bridgehead atoms. The van der Waals surface area contributed by atoms with E-state index in [0.717, 1.165) is 51.9 Å². The normalized spacial score (nSPS) is 31.6. The number of piperazine rings is 1. The Kier molecular flexibility index (Phi) is 4.34. The molecule has 0 aromatic heterocycles. The maximum Gasteiger partial charge on any atom is 0.154 e. The van der Waals surface area contributed by atoms with Gasteiger partial charge in [-0.2, -0.15) is 0 Å². The minimum absolute atomic E-state index is 0.109. The van der Waals surface area contributed by atoms with Gasteiger partial charge in [-0.1, -0.05) is 13.8 Å². The van der Waals surface area contributed by atoms with Crippen molar-refractivity contribution in [1.29, 1.82) is 0 Å². The van der Waals surface area contributed by atoms with Crippen molar-refractivity contribution in [3.63, 3.8) is 0 Å². The van der Waals surface area contributed by atoms with Gasteiger partial charge in [-0.05, 0) is 25.7 Å². The summed E-state index contributed by atoms with van der Waals surface area (Å²) in [5.41, 5.74) is 0.195. The van der Waals surface area contributed by atoms with Crippen LogP contribution in [0.25, 0.3) is 0 Å². The smallest absolute Gasteiger partial charge is 0.154 e. The first-order valence-electron chi connectivity index (χ1n) is 7.20. The molecule has 2 aliphatic rings. The van der Waals surface area contributed by atoms with Crippen LogP contribution in [0.2, 0.25) is 0 Å². The molecule has 2 rings (SSSR count). The van der Waals surface area contributed by atoms with Gasteiger partial charge in [0.15, 0.2) is 9.84 Å². The van der Waals surface area contributed by atoms with Crippen molar-refractivity contribution in [3.8, 4) is 0 Å². The van der Waals surface area contributed by atoms with Crippen LogP contribution in [-0.4, -0.2) is 56.0 Å². The van der Waals surface area contributed by atoms with Crippen LogP contribution in [0.4, 0.5) is 0 Å². The zero-order valence-electron chi connectivity index (χ0n) is 11.6. The predicted molar refractivity (Wildman–Crippen MR) is 74.6 cm³/mol. The standard InChI is InChI=1S/C13H26N2O2S/c1-3-13(4-2)11-15(8-7-14-13)10-12-6-5-9-18(12,16)17/h12,14H,3-11H2,1-2H3. The Labute approximate surface area is 111 Å². The second-order valence-corrected chi connectivity index (χ2v) is 8.18. The van der Waals surface area contributed by atoms with Crippen molar-refractivity contribution in [2.24, 2.45) is 0 Å². The average Bonchev–Trinajstić information content (AvgIpc) is 2.69. The number of nitrogens with one attached hydrogen (secondary N) is 1. The van der Waals surface area contributed by atoms with Gasteiger partial charge >= 0.3 is 0 Å². The van der Waals surface area contributed by atoms with Gasteiger partial charge in [0, 0.05) is 31.7 Å². The zero-order chi connectivity index (χ0) is 13.2. The summed E-state index contributed by atoms with van der Waals surface area (Å²) in [5, 5.41) is 3.51. The van der Waals surface area contributed by atoms with Crippen molar-refractivity contribution in [1.82, 2.24) is 10.2 Å². The summed E-state index contributed by atoms with van der Waals surface area (Å²) in [6.07, 6.45) is 3.93. The van der Waals surface area contributed by atoms with Crippen LogP contribution in [0, 0.1) is 0 Å². The Morgan fingerprint density at radius 3 is 2.61 bits per heavy atom. The first-order chi connectivity index (χ1) is 8.51. The second kappa shape index (κ2) is 5.47. The van der Waals surface area contributed by atoms with E-state index in [4.69, 9.17) is 0 Å². The SMILES string of the molecule is CCC1(CC)CN(CC2CCCS2(=O)=O)CCN1. The summed E-state index contributed by atoms with van der Waals surface area (Å²) < 4.78 is 23.8. The van der Waals surface area contributed by atoms with Crippen LogP contribution in [0.5, 0.6) is 0 Å². The highest BCUT2D eigenvalue weighted by molar-refractivity contribution is 7.92. The summed E-state index contributed by atoms with van der Waals surface area (Å²) in [7, 11) is -2.80. The van der Waals surface area contributed by atoms with E-state index in [-0.39, 0.29) is 10.8 Å². The van der Waals surface area contributed by atoms with Crippen LogP contribution in [0.3, 0.4) is 0 Å². The molecule has 2 aliphatic heterocycles. The van der Waals surface area contributed by atoms with Gasteiger partial charge in [0.1, 0.15) is 0 Å². The molecular weight excluding hydrogens is 248 g/mol. The van der Waals surface area contributed by atoms with Gasteiger partial charge in [-0.3, -0.25) is 4.90 Å².